The van der Waals surface area contributed by atoms with Gasteiger partial charge in [0.2, 0.25) is 0 Å². The lowest BCUT2D eigenvalue weighted by Crippen LogP contribution is -2.06. The lowest BCUT2D eigenvalue weighted by atomic mass is 10.3. The van der Waals surface area contributed by atoms with Gasteiger partial charge in [0, 0.05) is 0 Å². The Morgan fingerprint density at radius 3 is 2.93 bits per heavy atom. The van der Waals surface area contributed by atoms with E-state index in [0.29, 0.717) is 17.2 Å². The number of carboxylic acids is 1. The molecule has 2 rings (SSSR count). The summed E-state index contributed by atoms with van der Waals surface area (Å²) in [4.78, 5) is 10.9. The normalized spacial score (nSPS) is 10.6. The molecule has 72 valence electrons. The minimum Gasteiger partial charge on any atom is -0.477 e. The van der Waals surface area contributed by atoms with Crippen LogP contribution in [0.3, 0.4) is 0 Å². The van der Waals surface area contributed by atoms with Crippen molar-refractivity contribution in [1.82, 2.24) is 14.6 Å². The van der Waals surface area contributed by atoms with Gasteiger partial charge in [-0.25, -0.2) is 4.79 Å². The fourth-order valence-corrected chi connectivity index (χ4v) is 1.47. The van der Waals surface area contributed by atoms with Crippen LogP contribution in [0.25, 0.3) is 5.65 Å². The first-order valence-corrected chi connectivity index (χ1v) is 4.54. The summed E-state index contributed by atoms with van der Waals surface area (Å²) in [6, 6.07) is 4.84. The number of carboxylic acid groups (broad SMARTS) is 1. The third-order valence-electron chi connectivity index (χ3n) is 1.86. The Labute approximate surface area is 84.8 Å². The highest BCUT2D eigenvalue weighted by atomic mass is 32.1. The number of fused-ring (bicyclic) bond motifs is 1. The Hall–Kier alpha value is -1.56. The third-order valence-corrected chi connectivity index (χ3v) is 2.14. The highest BCUT2D eigenvalue weighted by Crippen LogP contribution is 2.09. The first-order valence-electron chi connectivity index (χ1n) is 3.91. The van der Waals surface area contributed by atoms with Gasteiger partial charge < -0.3 is 5.11 Å². The standard InChI is InChI=1S/C8H7N3O2S/c12-8(13)5-2-1-3-6-9-10-7(4-14)11(5)6/h1-3,14H,4H2,(H,12,13). The van der Waals surface area contributed by atoms with E-state index in [2.05, 4.69) is 22.8 Å². The van der Waals surface area contributed by atoms with E-state index >= 15 is 0 Å². The SMILES string of the molecule is O=C(O)c1cccc2nnc(CS)n12. The van der Waals surface area contributed by atoms with Crippen molar-refractivity contribution in [2.75, 3.05) is 0 Å². The number of pyridine rings is 1. The first-order chi connectivity index (χ1) is 6.74. The maximum atomic E-state index is 10.9. The van der Waals surface area contributed by atoms with E-state index in [0.717, 1.165) is 0 Å². The number of hydrogen-bond acceptors (Lipinski definition) is 4. The first kappa shape index (κ1) is 9.01. The van der Waals surface area contributed by atoms with Crippen molar-refractivity contribution in [2.45, 2.75) is 5.75 Å². The fraction of sp³-hybridized carbons (Fsp3) is 0.125. The lowest BCUT2D eigenvalue weighted by molar-refractivity contribution is 0.0688. The van der Waals surface area contributed by atoms with E-state index in [1.165, 1.54) is 10.5 Å². The summed E-state index contributed by atoms with van der Waals surface area (Å²) < 4.78 is 1.48. The van der Waals surface area contributed by atoms with Crippen LogP contribution in [0.1, 0.15) is 16.3 Å². The van der Waals surface area contributed by atoms with Crippen LogP contribution < -0.4 is 0 Å². The molecular formula is C8H7N3O2S. The van der Waals surface area contributed by atoms with Gasteiger partial charge in [-0.2, -0.15) is 12.6 Å². The average Bonchev–Trinajstić information content (AvgIpc) is 2.59. The Morgan fingerprint density at radius 2 is 2.29 bits per heavy atom. The van der Waals surface area contributed by atoms with Crippen LogP contribution in [0, 0.1) is 0 Å². The highest BCUT2D eigenvalue weighted by Gasteiger charge is 2.12. The van der Waals surface area contributed by atoms with E-state index < -0.39 is 5.97 Å². The van der Waals surface area contributed by atoms with Gasteiger partial charge in [-0.15, -0.1) is 10.2 Å². The van der Waals surface area contributed by atoms with Gasteiger partial charge in [0.1, 0.15) is 11.5 Å². The summed E-state index contributed by atoms with van der Waals surface area (Å²) in [6.07, 6.45) is 0. The molecule has 1 N–H and O–H groups in total. The van der Waals surface area contributed by atoms with E-state index in [9.17, 15) is 4.79 Å². The molecule has 0 fully saturated rings. The van der Waals surface area contributed by atoms with Crippen molar-refractivity contribution in [2.24, 2.45) is 0 Å². The molecule has 0 aromatic carbocycles. The van der Waals surface area contributed by atoms with E-state index in [1.54, 1.807) is 12.1 Å². The molecule has 0 saturated carbocycles. The maximum absolute atomic E-state index is 10.9. The third kappa shape index (κ3) is 1.24. The van der Waals surface area contributed by atoms with Crippen molar-refractivity contribution < 1.29 is 9.90 Å². The van der Waals surface area contributed by atoms with Gasteiger partial charge in [0.05, 0.1) is 5.75 Å². The molecule has 0 unspecified atom stereocenters. The second-order valence-corrected chi connectivity index (χ2v) is 3.00. The van der Waals surface area contributed by atoms with E-state index in [-0.39, 0.29) is 5.69 Å². The molecule has 0 aliphatic carbocycles. The second kappa shape index (κ2) is 3.30. The van der Waals surface area contributed by atoms with Crippen molar-refractivity contribution in [3.8, 4) is 0 Å². The molecule has 0 aliphatic rings. The molecule has 6 heteroatoms. The summed E-state index contributed by atoms with van der Waals surface area (Å²) in [6.45, 7) is 0. The van der Waals surface area contributed by atoms with Crippen LogP contribution in [0.2, 0.25) is 0 Å². The molecule has 2 heterocycles. The van der Waals surface area contributed by atoms with Crippen LogP contribution in [-0.2, 0) is 5.75 Å². The quantitative estimate of drug-likeness (QED) is 0.720. The maximum Gasteiger partial charge on any atom is 0.352 e. The number of nitrogens with zero attached hydrogens (tertiary/aromatic N) is 3. The molecule has 5 nitrogen and oxygen atoms in total. The van der Waals surface area contributed by atoms with Crippen LogP contribution >= 0.6 is 12.6 Å². The molecule has 0 spiro atoms. The molecule has 14 heavy (non-hydrogen) atoms. The van der Waals surface area contributed by atoms with E-state index in [4.69, 9.17) is 5.11 Å². The Morgan fingerprint density at radius 1 is 1.50 bits per heavy atom. The molecule has 0 saturated heterocycles. The number of aromatic carboxylic acids is 1. The van der Waals surface area contributed by atoms with Crippen LogP contribution in [-0.4, -0.2) is 25.7 Å². The van der Waals surface area contributed by atoms with Crippen molar-refractivity contribution in [3.63, 3.8) is 0 Å². The Kier molecular flexibility index (Phi) is 2.12. The van der Waals surface area contributed by atoms with Crippen molar-refractivity contribution in [1.29, 1.82) is 0 Å². The molecule has 0 bridgehead atoms. The van der Waals surface area contributed by atoms with Gasteiger partial charge in [-0.3, -0.25) is 4.40 Å². The van der Waals surface area contributed by atoms with Gasteiger partial charge in [-0.05, 0) is 12.1 Å². The number of thiol groups is 1. The van der Waals surface area contributed by atoms with Gasteiger partial charge in [0.15, 0.2) is 5.65 Å². The minimum absolute atomic E-state index is 0.150. The molecule has 2 aromatic heterocycles. The molecular weight excluding hydrogens is 202 g/mol. The van der Waals surface area contributed by atoms with Crippen LogP contribution in [0.4, 0.5) is 0 Å². The fourth-order valence-electron chi connectivity index (χ4n) is 1.27. The summed E-state index contributed by atoms with van der Waals surface area (Å²) >= 11 is 4.05. The molecule has 2 aromatic rings. The molecule has 0 radical (unpaired) electrons. The summed E-state index contributed by atoms with van der Waals surface area (Å²) in [5.74, 6) is -0.120. The predicted molar refractivity (Wildman–Crippen MR) is 52.6 cm³/mol. The number of rotatable bonds is 2. The molecule has 0 aliphatic heterocycles. The Balaban J connectivity index is 2.81. The molecule has 0 atom stereocenters. The number of carbonyl (C=O) groups is 1. The van der Waals surface area contributed by atoms with Crippen LogP contribution in [0.5, 0.6) is 0 Å². The zero-order valence-electron chi connectivity index (χ0n) is 7.08. The second-order valence-electron chi connectivity index (χ2n) is 2.68. The summed E-state index contributed by atoms with van der Waals surface area (Å²) in [5.41, 5.74) is 0.672. The lowest BCUT2D eigenvalue weighted by Gasteiger charge is -2.00. The van der Waals surface area contributed by atoms with Gasteiger partial charge >= 0.3 is 5.97 Å². The van der Waals surface area contributed by atoms with Crippen molar-refractivity contribution >= 4 is 24.2 Å². The zero-order chi connectivity index (χ0) is 10.1. The summed E-state index contributed by atoms with van der Waals surface area (Å²) in [5, 5.41) is 16.6. The van der Waals surface area contributed by atoms with Crippen LogP contribution in [0.15, 0.2) is 18.2 Å². The minimum atomic E-state index is -1.00. The van der Waals surface area contributed by atoms with Crippen molar-refractivity contribution in [3.05, 3.63) is 29.7 Å². The molecule has 0 amide bonds. The number of aromatic nitrogens is 3. The van der Waals surface area contributed by atoms with E-state index in [1.807, 2.05) is 0 Å². The largest absolute Gasteiger partial charge is 0.477 e. The topological polar surface area (TPSA) is 67.5 Å². The zero-order valence-corrected chi connectivity index (χ0v) is 7.98. The average molecular weight is 209 g/mol. The number of hydrogen-bond donors (Lipinski definition) is 2. The van der Waals surface area contributed by atoms with Gasteiger partial charge in [0.25, 0.3) is 0 Å². The smallest absolute Gasteiger partial charge is 0.352 e. The highest BCUT2D eigenvalue weighted by molar-refractivity contribution is 7.79. The summed E-state index contributed by atoms with van der Waals surface area (Å²) in [7, 11) is 0. The van der Waals surface area contributed by atoms with Gasteiger partial charge in [-0.1, -0.05) is 6.07 Å². The predicted octanol–water partition coefficient (Wildman–Crippen LogP) is 0.857. The monoisotopic (exact) mass is 209 g/mol. The Bertz CT molecular complexity index is 494.